The van der Waals surface area contributed by atoms with Crippen molar-refractivity contribution in [3.05, 3.63) is 11.6 Å². The van der Waals surface area contributed by atoms with E-state index >= 15 is 0 Å². The van der Waals surface area contributed by atoms with Gasteiger partial charge in [-0.15, -0.1) is 0 Å². The van der Waals surface area contributed by atoms with Gasteiger partial charge in [-0.1, -0.05) is 11.6 Å². The molecular weight excluding hydrogens is 274 g/mol. The van der Waals surface area contributed by atoms with Gasteiger partial charge in [0.1, 0.15) is 0 Å². The average molecular weight is 299 g/mol. The number of esters is 2. The van der Waals surface area contributed by atoms with Gasteiger partial charge >= 0.3 is 11.9 Å². The lowest BCUT2D eigenvalue weighted by molar-refractivity contribution is -0.168. The minimum atomic E-state index is -1.79. The van der Waals surface area contributed by atoms with E-state index in [0.29, 0.717) is 6.42 Å². The summed E-state index contributed by atoms with van der Waals surface area (Å²) in [5.74, 6) is -2.07. The highest BCUT2D eigenvalue weighted by Crippen LogP contribution is 2.19. The topological polar surface area (TPSA) is 81.7 Å². The number of amides is 1. The number of allylic oxidation sites excluding steroid dienone is 2. The molecule has 0 aliphatic rings. The molecule has 0 atom stereocenters. The van der Waals surface area contributed by atoms with Crippen LogP contribution in [0, 0.1) is 0 Å². The summed E-state index contributed by atoms with van der Waals surface area (Å²) < 4.78 is 9.92. The molecule has 0 radical (unpaired) electrons. The summed E-state index contributed by atoms with van der Waals surface area (Å²) in [5, 5.41) is 2.42. The number of carbonyl (C=O) groups is 3. The first-order valence-corrected chi connectivity index (χ1v) is 7.06. The molecule has 6 nitrogen and oxygen atoms in total. The van der Waals surface area contributed by atoms with E-state index in [1.807, 2.05) is 19.9 Å². The maximum Gasteiger partial charge on any atom is 0.343 e. The Hall–Kier alpha value is -1.85. The summed E-state index contributed by atoms with van der Waals surface area (Å²) in [6.45, 7) is 8.57. The van der Waals surface area contributed by atoms with E-state index in [9.17, 15) is 14.4 Å². The molecule has 0 aromatic heterocycles. The van der Waals surface area contributed by atoms with Gasteiger partial charge < -0.3 is 14.8 Å². The molecule has 0 aromatic carbocycles. The second-order valence-corrected chi connectivity index (χ2v) is 4.85. The van der Waals surface area contributed by atoms with E-state index in [2.05, 4.69) is 5.32 Å². The molecule has 0 heterocycles. The van der Waals surface area contributed by atoms with E-state index < -0.39 is 23.4 Å². The van der Waals surface area contributed by atoms with Gasteiger partial charge in [0, 0.05) is 6.92 Å². The molecule has 0 saturated heterocycles. The molecule has 21 heavy (non-hydrogen) atoms. The lowest BCUT2D eigenvalue weighted by Gasteiger charge is -2.29. The average Bonchev–Trinajstić information content (AvgIpc) is 2.37. The second kappa shape index (κ2) is 9.15. The minimum absolute atomic E-state index is 0.0927. The van der Waals surface area contributed by atoms with Gasteiger partial charge in [-0.05, 0) is 40.5 Å². The maximum atomic E-state index is 12.2. The smallest absolute Gasteiger partial charge is 0.343 e. The van der Waals surface area contributed by atoms with Gasteiger partial charge in [0.2, 0.25) is 11.4 Å². The quantitative estimate of drug-likeness (QED) is 0.419. The van der Waals surface area contributed by atoms with E-state index in [-0.39, 0.29) is 19.6 Å². The van der Waals surface area contributed by atoms with Crippen LogP contribution < -0.4 is 5.32 Å². The molecule has 0 aliphatic heterocycles. The van der Waals surface area contributed by atoms with Crippen LogP contribution in [0.15, 0.2) is 11.6 Å². The van der Waals surface area contributed by atoms with Crippen molar-refractivity contribution in [3.63, 3.8) is 0 Å². The Morgan fingerprint density at radius 3 is 1.81 bits per heavy atom. The molecule has 0 spiro atoms. The Bertz CT molecular complexity index is 392. The summed E-state index contributed by atoms with van der Waals surface area (Å²) in [6.07, 6.45) is 2.42. The monoisotopic (exact) mass is 299 g/mol. The normalized spacial score (nSPS) is 10.5. The summed E-state index contributed by atoms with van der Waals surface area (Å²) >= 11 is 0. The first-order valence-electron chi connectivity index (χ1n) is 7.06. The Balaban J connectivity index is 5.48. The fraction of sp³-hybridized carbons (Fsp3) is 0.667. The molecule has 0 aromatic rings. The van der Waals surface area contributed by atoms with E-state index in [4.69, 9.17) is 9.47 Å². The van der Waals surface area contributed by atoms with Crippen molar-refractivity contribution in [1.82, 2.24) is 5.32 Å². The minimum Gasteiger partial charge on any atom is -0.464 e. The van der Waals surface area contributed by atoms with Crippen molar-refractivity contribution in [2.75, 3.05) is 13.2 Å². The zero-order chi connectivity index (χ0) is 16.5. The molecule has 0 unspecified atom stereocenters. The van der Waals surface area contributed by atoms with Gasteiger partial charge in [0.05, 0.1) is 13.2 Å². The number of hydrogen-bond donors (Lipinski definition) is 1. The van der Waals surface area contributed by atoms with Crippen LogP contribution in [0.2, 0.25) is 0 Å². The molecule has 0 fully saturated rings. The van der Waals surface area contributed by atoms with Crippen LogP contribution in [-0.2, 0) is 23.9 Å². The number of hydrogen-bond acceptors (Lipinski definition) is 5. The summed E-state index contributed by atoms with van der Waals surface area (Å²) in [4.78, 5) is 35.9. The third kappa shape index (κ3) is 5.97. The number of ether oxygens (including phenoxy) is 2. The molecule has 0 aliphatic carbocycles. The van der Waals surface area contributed by atoms with Crippen LogP contribution in [-0.4, -0.2) is 36.6 Å². The van der Waals surface area contributed by atoms with Gasteiger partial charge in [-0.25, -0.2) is 9.59 Å². The maximum absolute atomic E-state index is 12.2. The van der Waals surface area contributed by atoms with E-state index in [1.54, 1.807) is 13.8 Å². The van der Waals surface area contributed by atoms with Crippen molar-refractivity contribution in [2.45, 2.75) is 53.0 Å². The predicted molar refractivity (Wildman–Crippen MR) is 78.5 cm³/mol. The zero-order valence-electron chi connectivity index (χ0n) is 13.4. The largest absolute Gasteiger partial charge is 0.464 e. The van der Waals surface area contributed by atoms with Crippen LogP contribution >= 0.6 is 0 Å². The third-order valence-electron chi connectivity index (χ3n) is 2.71. The zero-order valence-corrected chi connectivity index (χ0v) is 13.4. The van der Waals surface area contributed by atoms with E-state index in [1.165, 1.54) is 6.92 Å². The Morgan fingerprint density at radius 2 is 1.48 bits per heavy atom. The molecular formula is C15H25NO5. The van der Waals surface area contributed by atoms with Gasteiger partial charge in [-0.3, -0.25) is 4.79 Å². The third-order valence-corrected chi connectivity index (χ3v) is 2.71. The summed E-state index contributed by atoms with van der Waals surface area (Å²) in [6, 6.07) is 0. The summed E-state index contributed by atoms with van der Waals surface area (Å²) in [5.41, 5.74) is -0.733. The molecule has 6 heteroatoms. The highest BCUT2D eigenvalue weighted by molar-refractivity contribution is 6.07. The second-order valence-electron chi connectivity index (χ2n) is 4.85. The highest BCUT2D eigenvalue weighted by atomic mass is 16.6. The molecule has 120 valence electrons. The highest BCUT2D eigenvalue weighted by Gasteiger charge is 2.49. The van der Waals surface area contributed by atoms with Gasteiger partial charge in [0.25, 0.3) is 0 Å². The lowest BCUT2D eigenvalue weighted by atomic mass is 9.92. The number of nitrogens with one attached hydrogen (secondary N) is 1. The molecule has 0 rings (SSSR count). The van der Waals surface area contributed by atoms with E-state index in [0.717, 1.165) is 5.57 Å². The van der Waals surface area contributed by atoms with Crippen molar-refractivity contribution >= 4 is 17.8 Å². The van der Waals surface area contributed by atoms with Crippen molar-refractivity contribution in [3.8, 4) is 0 Å². The first kappa shape index (κ1) is 19.1. The predicted octanol–water partition coefficient (Wildman–Crippen LogP) is 1.73. The molecule has 0 bridgehead atoms. The standard InChI is InChI=1S/C15H25NO5/c1-6-20-13(18)15(16-12(5)17,14(19)21-7-2)10-8-9-11(3)4/h9H,6-8,10H2,1-5H3,(H,16,17). The van der Waals surface area contributed by atoms with Crippen molar-refractivity contribution in [2.24, 2.45) is 0 Å². The van der Waals surface area contributed by atoms with Crippen LogP contribution in [0.3, 0.4) is 0 Å². The van der Waals surface area contributed by atoms with Crippen molar-refractivity contribution < 1.29 is 23.9 Å². The Kier molecular flexibility index (Phi) is 8.35. The number of rotatable bonds is 8. The number of carbonyl (C=O) groups excluding carboxylic acids is 3. The SMILES string of the molecule is CCOC(=O)C(CCC=C(C)C)(NC(C)=O)C(=O)OCC. The Morgan fingerprint density at radius 1 is 1.00 bits per heavy atom. The first-order chi connectivity index (χ1) is 9.80. The summed E-state index contributed by atoms with van der Waals surface area (Å²) in [7, 11) is 0. The van der Waals surface area contributed by atoms with Crippen LogP contribution in [0.25, 0.3) is 0 Å². The van der Waals surface area contributed by atoms with Gasteiger partial charge in [0.15, 0.2) is 0 Å². The van der Waals surface area contributed by atoms with Crippen LogP contribution in [0.1, 0.15) is 47.5 Å². The van der Waals surface area contributed by atoms with Crippen LogP contribution in [0.5, 0.6) is 0 Å². The fourth-order valence-corrected chi connectivity index (χ4v) is 1.84. The molecule has 1 amide bonds. The van der Waals surface area contributed by atoms with Gasteiger partial charge in [-0.2, -0.15) is 0 Å². The molecule has 0 saturated carbocycles. The Labute approximate surface area is 125 Å². The fourth-order valence-electron chi connectivity index (χ4n) is 1.84. The lowest BCUT2D eigenvalue weighted by Crippen LogP contribution is -2.61. The van der Waals surface area contributed by atoms with Crippen LogP contribution in [0.4, 0.5) is 0 Å². The molecule has 1 N–H and O–H groups in total. The van der Waals surface area contributed by atoms with Crippen molar-refractivity contribution in [1.29, 1.82) is 0 Å².